The second-order valence-electron chi connectivity index (χ2n) is 8.80. The Morgan fingerprint density at radius 3 is 2.37 bits per heavy atom. The summed E-state index contributed by atoms with van der Waals surface area (Å²) in [5, 5.41) is 0. The predicted molar refractivity (Wildman–Crippen MR) is 121 cm³/mol. The van der Waals surface area contributed by atoms with Crippen LogP contribution in [0.1, 0.15) is 46.7 Å². The summed E-state index contributed by atoms with van der Waals surface area (Å²) in [7, 11) is 0. The summed E-state index contributed by atoms with van der Waals surface area (Å²) in [6, 6.07) is 18.3. The van der Waals surface area contributed by atoms with E-state index in [1.165, 1.54) is 5.56 Å². The Hall–Kier alpha value is -2.27. The summed E-state index contributed by atoms with van der Waals surface area (Å²) >= 11 is 1.90. The lowest BCUT2D eigenvalue weighted by Gasteiger charge is -2.44. The fourth-order valence-corrected chi connectivity index (χ4v) is 6.46. The average molecular weight is 421 g/mol. The Labute approximate surface area is 182 Å². The van der Waals surface area contributed by atoms with E-state index in [4.69, 9.17) is 0 Å². The Morgan fingerprint density at radius 2 is 1.67 bits per heavy atom. The topological polar surface area (TPSA) is 40.6 Å². The third kappa shape index (κ3) is 3.53. The smallest absolute Gasteiger partial charge is 0.254 e. The van der Waals surface area contributed by atoms with E-state index in [1.807, 2.05) is 53.9 Å². The van der Waals surface area contributed by atoms with Crippen LogP contribution in [0.25, 0.3) is 0 Å². The molecule has 5 rings (SSSR count). The average Bonchev–Trinajstić information content (AvgIpc) is 3.49. The van der Waals surface area contributed by atoms with Gasteiger partial charge in [0.25, 0.3) is 5.91 Å². The van der Waals surface area contributed by atoms with Crippen molar-refractivity contribution >= 4 is 23.6 Å². The Balaban J connectivity index is 1.23. The van der Waals surface area contributed by atoms with Crippen molar-refractivity contribution in [3.63, 3.8) is 0 Å². The standard InChI is InChI=1S/C25H28N2O2S/c1-18-7-9-20(10-8-18)23(28)27-15-16-30-25(27)11-13-26(14-12-25)24(29)22-17-21(22)19-5-3-2-4-6-19/h2-10,21-22H,11-17H2,1H3/t21-,22+/m0/s1. The van der Waals surface area contributed by atoms with Crippen LogP contribution in [0.5, 0.6) is 0 Å². The summed E-state index contributed by atoms with van der Waals surface area (Å²) in [5.41, 5.74) is 3.22. The zero-order valence-electron chi connectivity index (χ0n) is 17.4. The van der Waals surface area contributed by atoms with Crippen molar-refractivity contribution in [3.05, 3.63) is 71.3 Å². The van der Waals surface area contributed by atoms with Crippen LogP contribution < -0.4 is 0 Å². The first-order valence-electron chi connectivity index (χ1n) is 10.9. The van der Waals surface area contributed by atoms with E-state index in [1.54, 1.807) is 0 Å². The molecule has 1 aliphatic carbocycles. The van der Waals surface area contributed by atoms with E-state index < -0.39 is 0 Å². The number of hydrogen-bond acceptors (Lipinski definition) is 3. The number of nitrogens with zero attached hydrogens (tertiary/aromatic N) is 2. The fourth-order valence-electron chi connectivity index (χ4n) is 5.01. The SMILES string of the molecule is Cc1ccc(C(=O)N2CCSC23CCN(C(=O)[C@@H]2C[C@H]2c2ccccc2)CC3)cc1. The highest BCUT2D eigenvalue weighted by atomic mass is 32.2. The molecule has 1 saturated carbocycles. The third-order valence-corrected chi connectivity index (χ3v) is 8.47. The quantitative estimate of drug-likeness (QED) is 0.743. The summed E-state index contributed by atoms with van der Waals surface area (Å²) in [6.45, 7) is 4.34. The van der Waals surface area contributed by atoms with E-state index in [0.717, 1.165) is 55.8 Å². The molecule has 2 aliphatic heterocycles. The number of thioether (sulfide) groups is 1. The lowest BCUT2D eigenvalue weighted by molar-refractivity contribution is -0.134. The van der Waals surface area contributed by atoms with Gasteiger partial charge in [-0.1, -0.05) is 48.0 Å². The van der Waals surface area contributed by atoms with Gasteiger partial charge in [0, 0.05) is 36.9 Å². The van der Waals surface area contributed by atoms with Crippen LogP contribution in [-0.2, 0) is 4.79 Å². The summed E-state index contributed by atoms with van der Waals surface area (Å²) in [6.07, 6.45) is 2.70. The zero-order chi connectivity index (χ0) is 20.7. The molecule has 0 aromatic heterocycles. The number of piperidine rings is 1. The van der Waals surface area contributed by atoms with Crippen LogP contribution in [0.3, 0.4) is 0 Å². The first kappa shape index (κ1) is 19.7. The summed E-state index contributed by atoms with van der Waals surface area (Å²) in [4.78, 5) is 30.2. The lowest BCUT2D eigenvalue weighted by Crippen LogP contribution is -2.53. The number of rotatable bonds is 3. The zero-order valence-corrected chi connectivity index (χ0v) is 18.2. The van der Waals surface area contributed by atoms with Gasteiger partial charge < -0.3 is 9.80 Å². The van der Waals surface area contributed by atoms with E-state index in [2.05, 4.69) is 29.2 Å². The molecule has 2 aromatic rings. The van der Waals surface area contributed by atoms with E-state index in [9.17, 15) is 9.59 Å². The van der Waals surface area contributed by atoms with Crippen molar-refractivity contribution in [2.75, 3.05) is 25.4 Å². The van der Waals surface area contributed by atoms with E-state index >= 15 is 0 Å². The van der Waals surface area contributed by atoms with Crippen molar-refractivity contribution in [1.82, 2.24) is 9.80 Å². The normalized spacial score (nSPS) is 24.8. The molecule has 2 amide bonds. The molecule has 0 N–H and O–H groups in total. The van der Waals surface area contributed by atoms with Crippen molar-refractivity contribution in [2.24, 2.45) is 5.92 Å². The maximum atomic E-state index is 13.2. The molecule has 0 radical (unpaired) electrons. The van der Waals surface area contributed by atoms with Gasteiger partial charge in [-0.2, -0.15) is 0 Å². The van der Waals surface area contributed by atoms with Gasteiger partial charge >= 0.3 is 0 Å². The Kier molecular flexibility index (Phi) is 5.10. The summed E-state index contributed by atoms with van der Waals surface area (Å²) < 4.78 is 0. The molecule has 3 fully saturated rings. The number of likely N-dealkylation sites (tertiary alicyclic amines) is 1. The highest BCUT2D eigenvalue weighted by Crippen LogP contribution is 2.50. The number of hydrogen-bond donors (Lipinski definition) is 0. The number of carbonyl (C=O) groups is 2. The van der Waals surface area contributed by atoms with Gasteiger partial charge in [0.15, 0.2) is 0 Å². The van der Waals surface area contributed by atoms with Crippen LogP contribution in [0.2, 0.25) is 0 Å². The largest absolute Gasteiger partial charge is 0.342 e. The molecule has 156 valence electrons. The van der Waals surface area contributed by atoms with Gasteiger partial charge in [-0.25, -0.2) is 0 Å². The molecule has 2 aromatic carbocycles. The van der Waals surface area contributed by atoms with Crippen LogP contribution in [0.4, 0.5) is 0 Å². The van der Waals surface area contributed by atoms with Gasteiger partial charge in [0.2, 0.25) is 5.91 Å². The molecule has 1 spiro atoms. The number of benzene rings is 2. The molecular formula is C25H28N2O2S. The second-order valence-corrected chi connectivity index (χ2v) is 10.3. The first-order valence-corrected chi connectivity index (χ1v) is 11.9. The van der Waals surface area contributed by atoms with Gasteiger partial charge in [-0.15, -0.1) is 11.8 Å². The second kappa shape index (κ2) is 7.77. The van der Waals surface area contributed by atoms with Crippen molar-refractivity contribution in [2.45, 2.75) is 37.0 Å². The molecule has 0 unspecified atom stereocenters. The van der Waals surface area contributed by atoms with E-state index in [0.29, 0.717) is 11.8 Å². The van der Waals surface area contributed by atoms with Gasteiger partial charge in [-0.3, -0.25) is 9.59 Å². The Morgan fingerprint density at radius 1 is 0.967 bits per heavy atom. The van der Waals surface area contributed by atoms with Crippen LogP contribution in [0.15, 0.2) is 54.6 Å². The molecule has 0 bridgehead atoms. The molecule has 2 heterocycles. The highest BCUT2D eigenvalue weighted by Gasteiger charge is 2.50. The van der Waals surface area contributed by atoms with Crippen molar-refractivity contribution in [1.29, 1.82) is 0 Å². The van der Waals surface area contributed by atoms with Crippen molar-refractivity contribution in [3.8, 4) is 0 Å². The maximum Gasteiger partial charge on any atom is 0.254 e. The highest BCUT2D eigenvalue weighted by molar-refractivity contribution is 8.00. The van der Waals surface area contributed by atoms with E-state index in [-0.39, 0.29) is 16.7 Å². The van der Waals surface area contributed by atoms with Crippen LogP contribution >= 0.6 is 11.8 Å². The predicted octanol–water partition coefficient (Wildman–Crippen LogP) is 4.31. The number of aryl methyl sites for hydroxylation is 1. The minimum atomic E-state index is -0.152. The maximum absolute atomic E-state index is 13.2. The molecule has 2 atom stereocenters. The van der Waals surface area contributed by atoms with Gasteiger partial charge in [-0.05, 0) is 49.8 Å². The molecule has 5 heteroatoms. The molecule has 2 saturated heterocycles. The van der Waals surface area contributed by atoms with Crippen LogP contribution in [0, 0.1) is 12.8 Å². The van der Waals surface area contributed by atoms with Gasteiger partial charge in [0.1, 0.15) is 0 Å². The Bertz CT molecular complexity index is 935. The minimum absolute atomic E-state index is 0.131. The lowest BCUT2D eigenvalue weighted by atomic mass is 10.00. The molecular weight excluding hydrogens is 392 g/mol. The minimum Gasteiger partial charge on any atom is -0.342 e. The third-order valence-electron chi connectivity index (χ3n) is 6.91. The number of amides is 2. The van der Waals surface area contributed by atoms with Crippen LogP contribution in [-0.4, -0.2) is 51.9 Å². The monoisotopic (exact) mass is 420 g/mol. The molecule has 4 nitrogen and oxygen atoms in total. The fraction of sp³-hybridized carbons (Fsp3) is 0.440. The van der Waals surface area contributed by atoms with Crippen molar-refractivity contribution < 1.29 is 9.59 Å². The first-order chi connectivity index (χ1) is 14.6. The summed E-state index contributed by atoms with van der Waals surface area (Å²) in [5.74, 6) is 1.94. The molecule has 3 aliphatic rings. The molecule has 30 heavy (non-hydrogen) atoms. The number of carbonyl (C=O) groups excluding carboxylic acids is 2. The van der Waals surface area contributed by atoms with Gasteiger partial charge in [0.05, 0.1) is 4.87 Å².